The molecule has 1 amide bonds. The number of carbonyl (C=O) groups is 2. The van der Waals surface area contributed by atoms with Crippen LogP contribution in [0, 0.1) is 5.41 Å². The molecule has 1 aromatic heterocycles. The molecule has 0 spiro atoms. The van der Waals surface area contributed by atoms with Gasteiger partial charge in [0.1, 0.15) is 5.41 Å². The van der Waals surface area contributed by atoms with Crippen molar-refractivity contribution in [3.63, 3.8) is 0 Å². The van der Waals surface area contributed by atoms with Gasteiger partial charge in [-0.05, 0) is 39.5 Å². The number of hydrogen-bond donors (Lipinski definition) is 2. The lowest BCUT2D eigenvalue weighted by Gasteiger charge is -2.16. The molecule has 2 rings (SSSR count). The molecule has 0 aliphatic heterocycles. The third kappa shape index (κ3) is 2.38. The summed E-state index contributed by atoms with van der Waals surface area (Å²) in [6.45, 7) is 2.77. The van der Waals surface area contributed by atoms with Gasteiger partial charge in [0, 0.05) is 4.88 Å². The van der Waals surface area contributed by atoms with Crippen molar-refractivity contribution >= 4 is 28.3 Å². The van der Waals surface area contributed by atoms with Gasteiger partial charge in [0.25, 0.3) is 0 Å². The van der Waals surface area contributed by atoms with Crippen molar-refractivity contribution in [2.45, 2.75) is 39.5 Å². The molecule has 6 heteroatoms. The predicted octanol–water partition coefficient (Wildman–Crippen LogP) is 2.07. The number of aromatic nitrogens is 1. The maximum Gasteiger partial charge on any atom is 0.318 e. The zero-order valence-corrected chi connectivity index (χ0v) is 11.3. The number of rotatable bonds is 3. The van der Waals surface area contributed by atoms with E-state index < -0.39 is 17.3 Å². The second-order valence-electron chi connectivity index (χ2n) is 4.98. The molecule has 0 saturated heterocycles. The molecule has 1 aliphatic carbocycles. The third-order valence-corrected chi connectivity index (χ3v) is 4.24. The van der Waals surface area contributed by atoms with Gasteiger partial charge in [-0.3, -0.25) is 9.59 Å². The Labute approximate surface area is 109 Å². The van der Waals surface area contributed by atoms with Crippen LogP contribution in [0.25, 0.3) is 0 Å². The number of anilines is 1. The Morgan fingerprint density at radius 1 is 1.33 bits per heavy atom. The average molecular weight is 268 g/mol. The van der Waals surface area contributed by atoms with E-state index in [2.05, 4.69) is 10.3 Å². The van der Waals surface area contributed by atoms with Crippen LogP contribution in [-0.4, -0.2) is 22.0 Å². The fourth-order valence-corrected chi connectivity index (χ4v) is 2.80. The highest BCUT2D eigenvalue weighted by Gasteiger charge is 2.36. The summed E-state index contributed by atoms with van der Waals surface area (Å²) in [7, 11) is 0. The molecular formula is C12H16N2O3S. The summed E-state index contributed by atoms with van der Waals surface area (Å²) in [6.07, 6.45) is 4.24. The smallest absolute Gasteiger partial charge is 0.318 e. The van der Waals surface area contributed by atoms with E-state index in [9.17, 15) is 9.59 Å². The maximum absolute atomic E-state index is 11.9. The Balaban J connectivity index is 2.12. The van der Waals surface area contributed by atoms with Crippen LogP contribution in [0.4, 0.5) is 5.13 Å². The predicted molar refractivity (Wildman–Crippen MR) is 68.8 cm³/mol. The van der Waals surface area contributed by atoms with Gasteiger partial charge in [-0.1, -0.05) is 0 Å². The van der Waals surface area contributed by atoms with E-state index in [1.165, 1.54) is 30.1 Å². The molecule has 0 unspecified atom stereocenters. The van der Waals surface area contributed by atoms with Crippen LogP contribution in [0.15, 0.2) is 0 Å². The molecule has 18 heavy (non-hydrogen) atoms. The molecule has 2 N–H and O–H groups in total. The Morgan fingerprint density at radius 2 is 2.00 bits per heavy atom. The lowest BCUT2D eigenvalue weighted by molar-refractivity contribution is -0.151. The van der Waals surface area contributed by atoms with Crippen LogP contribution in [0.1, 0.15) is 37.3 Å². The summed E-state index contributed by atoms with van der Waals surface area (Å²) in [4.78, 5) is 28.4. The van der Waals surface area contributed by atoms with Crippen molar-refractivity contribution in [3.05, 3.63) is 10.6 Å². The SMILES string of the molecule is CC(C)(C(=O)O)C(=O)Nc1nc2c(s1)CCCC2. The first-order valence-electron chi connectivity index (χ1n) is 5.94. The van der Waals surface area contributed by atoms with Gasteiger partial charge in [-0.2, -0.15) is 0 Å². The van der Waals surface area contributed by atoms with E-state index in [-0.39, 0.29) is 0 Å². The Kier molecular flexibility index (Phi) is 3.38. The van der Waals surface area contributed by atoms with Crippen molar-refractivity contribution in [2.24, 2.45) is 5.41 Å². The molecular weight excluding hydrogens is 252 g/mol. The maximum atomic E-state index is 11.9. The van der Waals surface area contributed by atoms with Gasteiger partial charge in [0.15, 0.2) is 5.13 Å². The van der Waals surface area contributed by atoms with Crippen LogP contribution in [-0.2, 0) is 22.4 Å². The first-order chi connectivity index (χ1) is 8.41. The number of hydrogen-bond acceptors (Lipinski definition) is 4. The van der Waals surface area contributed by atoms with Crippen LogP contribution >= 0.6 is 11.3 Å². The van der Waals surface area contributed by atoms with Crippen molar-refractivity contribution in [2.75, 3.05) is 5.32 Å². The molecule has 1 aromatic rings. The quantitative estimate of drug-likeness (QED) is 0.822. The van der Waals surface area contributed by atoms with E-state index >= 15 is 0 Å². The summed E-state index contributed by atoms with van der Waals surface area (Å²) in [5, 5.41) is 12.1. The molecule has 0 radical (unpaired) electrons. The number of carboxylic acid groups (broad SMARTS) is 1. The van der Waals surface area contributed by atoms with E-state index in [1.807, 2.05) is 0 Å². The molecule has 0 bridgehead atoms. The van der Waals surface area contributed by atoms with Gasteiger partial charge in [0.05, 0.1) is 5.69 Å². The highest BCUT2D eigenvalue weighted by Crippen LogP contribution is 2.30. The normalized spacial score (nSPS) is 15.0. The zero-order valence-electron chi connectivity index (χ0n) is 10.4. The van der Waals surface area contributed by atoms with Crippen molar-refractivity contribution in [1.29, 1.82) is 0 Å². The van der Waals surface area contributed by atoms with E-state index in [4.69, 9.17) is 5.11 Å². The van der Waals surface area contributed by atoms with Crippen LogP contribution in [0.5, 0.6) is 0 Å². The number of fused-ring (bicyclic) bond motifs is 1. The first kappa shape index (κ1) is 13.0. The molecule has 5 nitrogen and oxygen atoms in total. The van der Waals surface area contributed by atoms with Crippen molar-refractivity contribution in [1.82, 2.24) is 4.98 Å². The fourth-order valence-electron chi connectivity index (χ4n) is 1.76. The van der Waals surface area contributed by atoms with Gasteiger partial charge in [0.2, 0.25) is 5.91 Å². The lowest BCUT2D eigenvalue weighted by atomic mass is 9.93. The Bertz CT molecular complexity index is 470. The molecule has 0 saturated carbocycles. The van der Waals surface area contributed by atoms with Crippen LogP contribution in [0.2, 0.25) is 0 Å². The largest absolute Gasteiger partial charge is 0.480 e. The van der Waals surface area contributed by atoms with Crippen molar-refractivity contribution < 1.29 is 14.7 Å². The molecule has 0 atom stereocenters. The fraction of sp³-hybridized carbons (Fsp3) is 0.583. The number of nitrogens with zero attached hydrogens (tertiary/aromatic N) is 1. The first-order valence-corrected chi connectivity index (χ1v) is 6.76. The highest BCUT2D eigenvalue weighted by molar-refractivity contribution is 7.15. The minimum atomic E-state index is -1.44. The van der Waals surface area contributed by atoms with Gasteiger partial charge < -0.3 is 10.4 Å². The summed E-state index contributed by atoms with van der Waals surface area (Å²) in [5.41, 5.74) is -0.388. The lowest BCUT2D eigenvalue weighted by Crippen LogP contribution is -2.37. The van der Waals surface area contributed by atoms with E-state index in [0.29, 0.717) is 5.13 Å². The number of nitrogens with one attached hydrogen (secondary N) is 1. The molecule has 0 aromatic carbocycles. The average Bonchev–Trinajstić information content (AvgIpc) is 2.70. The molecule has 1 heterocycles. The number of amides is 1. The van der Waals surface area contributed by atoms with Crippen LogP contribution < -0.4 is 5.32 Å². The van der Waals surface area contributed by atoms with Crippen molar-refractivity contribution in [3.8, 4) is 0 Å². The summed E-state index contributed by atoms with van der Waals surface area (Å²) in [6, 6.07) is 0. The van der Waals surface area contributed by atoms with Gasteiger partial charge in [-0.25, -0.2) is 4.98 Å². The minimum absolute atomic E-state index is 0.515. The summed E-state index contributed by atoms with van der Waals surface area (Å²) < 4.78 is 0. The highest BCUT2D eigenvalue weighted by atomic mass is 32.1. The van der Waals surface area contributed by atoms with Crippen LogP contribution in [0.3, 0.4) is 0 Å². The van der Waals surface area contributed by atoms with Gasteiger partial charge >= 0.3 is 5.97 Å². The van der Waals surface area contributed by atoms with E-state index in [1.54, 1.807) is 0 Å². The second-order valence-corrected chi connectivity index (χ2v) is 6.06. The summed E-state index contributed by atoms with van der Waals surface area (Å²) >= 11 is 1.46. The van der Waals surface area contributed by atoms with E-state index in [0.717, 1.165) is 31.4 Å². The number of aryl methyl sites for hydroxylation is 2. The Hall–Kier alpha value is -1.43. The molecule has 0 fully saturated rings. The zero-order chi connectivity index (χ0) is 13.3. The number of thiazole rings is 1. The number of carboxylic acids is 1. The molecule has 1 aliphatic rings. The standard InChI is InChI=1S/C12H16N2O3S/c1-12(2,10(16)17)9(15)14-11-13-7-5-3-4-6-8(7)18-11/h3-6H2,1-2H3,(H,16,17)(H,13,14,15). The second kappa shape index (κ2) is 4.68. The molecule has 98 valence electrons. The summed E-state index contributed by atoms with van der Waals surface area (Å²) in [5.74, 6) is -1.66. The minimum Gasteiger partial charge on any atom is -0.480 e. The monoisotopic (exact) mass is 268 g/mol. The third-order valence-electron chi connectivity index (χ3n) is 3.17. The topological polar surface area (TPSA) is 79.3 Å². The number of carbonyl (C=O) groups excluding carboxylic acids is 1. The number of aliphatic carboxylic acids is 1. The van der Waals surface area contributed by atoms with Gasteiger partial charge in [-0.15, -0.1) is 11.3 Å². The Morgan fingerprint density at radius 3 is 2.61 bits per heavy atom.